The van der Waals surface area contributed by atoms with Crippen LogP contribution in [0.5, 0.6) is 0 Å². The van der Waals surface area contributed by atoms with Gasteiger partial charge in [-0.25, -0.2) is 0 Å². The van der Waals surface area contributed by atoms with Gasteiger partial charge in [0.2, 0.25) is 0 Å². The summed E-state index contributed by atoms with van der Waals surface area (Å²) in [5.74, 6) is 0. The lowest BCUT2D eigenvalue weighted by atomic mass is 9.97. The van der Waals surface area contributed by atoms with Crippen LogP contribution in [0.25, 0.3) is 10.9 Å². The van der Waals surface area contributed by atoms with Crippen molar-refractivity contribution in [3.05, 3.63) is 75.9 Å². The molecule has 3 rings (SSSR count). The molecule has 0 amide bonds. The second kappa shape index (κ2) is 6.02. The normalized spacial score (nSPS) is 12.5. The van der Waals surface area contributed by atoms with Gasteiger partial charge in [-0.1, -0.05) is 53.5 Å². The van der Waals surface area contributed by atoms with E-state index in [1.54, 1.807) is 12.3 Å². The minimum atomic E-state index is -0.0254. The standard InChI is InChI=1S/C17H14Cl2N2/c1-20-17(13-5-2-6-14(18)16(13)19)12-8-7-11-4-3-9-21-15(11)10-12/h2-10,17,20H,1H3. The first-order chi connectivity index (χ1) is 10.2. The van der Waals surface area contributed by atoms with Crippen LogP contribution in [0.4, 0.5) is 0 Å². The highest BCUT2D eigenvalue weighted by atomic mass is 35.5. The summed E-state index contributed by atoms with van der Waals surface area (Å²) < 4.78 is 0. The van der Waals surface area contributed by atoms with Crippen LogP contribution in [0, 0.1) is 0 Å². The van der Waals surface area contributed by atoms with Crippen LogP contribution in [-0.2, 0) is 0 Å². The Labute approximate surface area is 133 Å². The molecule has 2 nitrogen and oxygen atoms in total. The predicted octanol–water partition coefficient (Wildman–Crippen LogP) is 4.85. The fraction of sp³-hybridized carbons (Fsp3) is 0.118. The average molecular weight is 317 g/mol. The van der Waals surface area contributed by atoms with E-state index in [0.29, 0.717) is 10.0 Å². The monoisotopic (exact) mass is 316 g/mol. The summed E-state index contributed by atoms with van der Waals surface area (Å²) in [6, 6.07) is 15.9. The Hall–Kier alpha value is -1.61. The molecule has 4 heteroatoms. The number of rotatable bonds is 3. The summed E-state index contributed by atoms with van der Waals surface area (Å²) in [6.07, 6.45) is 1.80. The summed E-state index contributed by atoms with van der Waals surface area (Å²) in [5, 5.41) is 5.56. The summed E-state index contributed by atoms with van der Waals surface area (Å²) in [7, 11) is 1.91. The zero-order valence-electron chi connectivity index (χ0n) is 11.5. The van der Waals surface area contributed by atoms with E-state index in [-0.39, 0.29) is 6.04 Å². The number of nitrogens with one attached hydrogen (secondary N) is 1. The highest BCUT2D eigenvalue weighted by Crippen LogP contribution is 2.33. The Balaban J connectivity index is 2.11. The molecule has 0 radical (unpaired) electrons. The van der Waals surface area contributed by atoms with E-state index >= 15 is 0 Å². The van der Waals surface area contributed by atoms with Crippen molar-refractivity contribution in [2.24, 2.45) is 0 Å². The van der Waals surface area contributed by atoms with Crippen LogP contribution in [-0.4, -0.2) is 12.0 Å². The van der Waals surface area contributed by atoms with E-state index in [1.807, 2.05) is 31.3 Å². The van der Waals surface area contributed by atoms with Crippen molar-refractivity contribution < 1.29 is 0 Å². The van der Waals surface area contributed by atoms with Gasteiger partial charge in [0.05, 0.1) is 21.6 Å². The molecule has 1 N–H and O–H groups in total. The Kier molecular flexibility index (Phi) is 4.11. The molecule has 0 bridgehead atoms. The van der Waals surface area contributed by atoms with Crippen molar-refractivity contribution in [3.8, 4) is 0 Å². The molecule has 1 aromatic heterocycles. The SMILES string of the molecule is CNC(c1ccc2cccnc2c1)c1cccc(Cl)c1Cl. The lowest BCUT2D eigenvalue weighted by Crippen LogP contribution is -2.18. The van der Waals surface area contributed by atoms with Crippen LogP contribution in [0.1, 0.15) is 17.2 Å². The molecule has 3 aromatic rings. The minimum absolute atomic E-state index is 0.0254. The third-order valence-electron chi connectivity index (χ3n) is 3.54. The van der Waals surface area contributed by atoms with E-state index in [1.165, 1.54) is 0 Å². The molecular weight excluding hydrogens is 303 g/mol. The van der Waals surface area contributed by atoms with E-state index in [9.17, 15) is 0 Å². The number of aromatic nitrogens is 1. The summed E-state index contributed by atoms with van der Waals surface area (Å²) >= 11 is 12.5. The number of hydrogen-bond donors (Lipinski definition) is 1. The lowest BCUT2D eigenvalue weighted by Gasteiger charge is -2.19. The molecular formula is C17H14Cl2N2. The molecule has 0 aliphatic rings. The Morgan fingerprint density at radius 2 is 1.90 bits per heavy atom. The second-order valence-corrected chi connectivity index (χ2v) is 5.61. The number of pyridine rings is 1. The van der Waals surface area contributed by atoms with E-state index in [0.717, 1.165) is 22.0 Å². The number of nitrogens with zero attached hydrogens (tertiary/aromatic N) is 1. The second-order valence-electron chi connectivity index (χ2n) is 4.82. The van der Waals surface area contributed by atoms with Crippen molar-refractivity contribution in [1.82, 2.24) is 10.3 Å². The first-order valence-electron chi connectivity index (χ1n) is 6.66. The molecule has 0 spiro atoms. The average Bonchev–Trinajstić information content (AvgIpc) is 2.52. The van der Waals surface area contributed by atoms with Gasteiger partial charge in [0.15, 0.2) is 0 Å². The van der Waals surface area contributed by atoms with E-state index in [2.05, 4.69) is 28.5 Å². The van der Waals surface area contributed by atoms with Gasteiger partial charge in [-0.15, -0.1) is 0 Å². The van der Waals surface area contributed by atoms with Crippen LogP contribution in [0.2, 0.25) is 10.0 Å². The van der Waals surface area contributed by atoms with Crippen molar-refractivity contribution in [2.45, 2.75) is 6.04 Å². The molecule has 0 aliphatic heterocycles. The Morgan fingerprint density at radius 1 is 1.05 bits per heavy atom. The Bertz CT molecular complexity index is 787. The van der Waals surface area contributed by atoms with Crippen LogP contribution in [0.15, 0.2) is 54.7 Å². The maximum Gasteiger partial charge on any atom is 0.0705 e. The molecule has 1 atom stereocenters. The van der Waals surface area contributed by atoms with Crippen molar-refractivity contribution >= 4 is 34.1 Å². The molecule has 21 heavy (non-hydrogen) atoms. The van der Waals surface area contributed by atoms with Crippen molar-refractivity contribution in [1.29, 1.82) is 0 Å². The molecule has 106 valence electrons. The maximum absolute atomic E-state index is 6.35. The molecule has 1 unspecified atom stereocenters. The van der Waals surface area contributed by atoms with Gasteiger partial charge in [0.1, 0.15) is 0 Å². The van der Waals surface area contributed by atoms with E-state index in [4.69, 9.17) is 23.2 Å². The van der Waals surface area contributed by atoms with Gasteiger partial charge in [0, 0.05) is 11.6 Å². The fourth-order valence-electron chi connectivity index (χ4n) is 2.51. The lowest BCUT2D eigenvalue weighted by molar-refractivity contribution is 0.693. The molecule has 2 aromatic carbocycles. The maximum atomic E-state index is 6.35. The quantitative estimate of drug-likeness (QED) is 0.747. The molecule has 0 fully saturated rings. The van der Waals surface area contributed by atoms with Gasteiger partial charge >= 0.3 is 0 Å². The first-order valence-corrected chi connectivity index (χ1v) is 7.42. The van der Waals surface area contributed by atoms with Gasteiger partial charge in [-0.2, -0.15) is 0 Å². The highest BCUT2D eigenvalue weighted by molar-refractivity contribution is 6.42. The molecule has 1 heterocycles. The summed E-state index contributed by atoms with van der Waals surface area (Å²) in [6.45, 7) is 0. The number of halogens is 2. The number of benzene rings is 2. The topological polar surface area (TPSA) is 24.9 Å². The zero-order chi connectivity index (χ0) is 14.8. The highest BCUT2D eigenvalue weighted by Gasteiger charge is 2.17. The van der Waals surface area contributed by atoms with E-state index < -0.39 is 0 Å². The van der Waals surface area contributed by atoms with Crippen LogP contribution in [0.3, 0.4) is 0 Å². The number of fused-ring (bicyclic) bond motifs is 1. The molecule has 0 saturated heterocycles. The van der Waals surface area contributed by atoms with Gasteiger partial charge in [-0.3, -0.25) is 4.98 Å². The fourth-order valence-corrected chi connectivity index (χ4v) is 2.93. The molecule has 0 saturated carbocycles. The van der Waals surface area contributed by atoms with Crippen LogP contribution >= 0.6 is 23.2 Å². The first kappa shape index (κ1) is 14.3. The third-order valence-corrected chi connectivity index (χ3v) is 4.38. The molecule has 0 aliphatic carbocycles. The third kappa shape index (κ3) is 2.75. The van der Waals surface area contributed by atoms with Crippen LogP contribution < -0.4 is 5.32 Å². The van der Waals surface area contributed by atoms with Crippen molar-refractivity contribution in [3.63, 3.8) is 0 Å². The largest absolute Gasteiger partial charge is 0.309 e. The van der Waals surface area contributed by atoms with Gasteiger partial charge < -0.3 is 5.32 Å². The minimum Gasteiger partial charge on any atom is -0.309 e. The number of hydrogen-bond acceptors (Lipinski definition) is 2. The Morgan fingerprint density at radius 3 is 2.71 bits per heavy atom. The van der Waals surface area contributed by atoms with Crippen molar-refractivity contribution in [2.75, 3.05) is 7.05 Å². The zero-order valence-corrected chi connectivity index (χ0v) is 13.0. The smallest absolute Gasteiger partial charge is 0.0705 e. The summed E-state index contributed by atoms with van der Waals surface area (Å²) in [5.41, 5.74) is 3.03. The van der Waals surface area contributed by atoms with Gasteiger partial charge in [0.25, 0.3) is 0 Å². The van der Waals surface area contributed by atoms with Gasteiger partial charge in [-0.05, 0) is 36.4 Å². The summed E-state index contributed by atoms with van der Waals surface area (Å²) in [4.78, 5) is 4.41. The predicted molar refractivity (Wildman–Crippen MR) is 89.1 cm³/mol.